The molecule has 2 aliphatic heterocycles. The SMILES string of the molecule is N[C@H]1[C@@H]2CNC[C@H]1OC2. The molecule has 0 unspecified atom stereocenters. The Morgan fingerprint density at radius 2 is 2.33 bits per heavy atom. The predicted octanol–water partition coefficient (Wildman–Crippen LogP) is -1.07. The van der Waals surface area contributed by atoms with Gasteiger partial charge in [0.2, 0.25) is 0 Å². The molecule has 3 atom stereocenters. The van der Waals surface area contributed by atoms with Gasteiger partial charge in [-0.2, -0.15) is 0 Å². The zero-order chi connectivity index (χ0) is 6.27. The molecule has 2 heterocycles. The van der Waals surface area contributed by atoms with Gasteiger partial charge in [0.05, 0.1) is 12.7 Å². The standard InChI is InChI=1S/C6H12N2O/c7-6-4-1-8-2-5(6)9-3-4/h4-6,8H,1-3,7H2/t4-,5-,6+/m1/s1. The van der Waals surface area contributed by atoms with Crippen molar-refractivity contribution >= 4 is 0 Å². The maximum atomic E-state index is 5.82. The quantitative estimate of drug-likeness (QED) is 0.437. The summed E-state index contributed by atoms with van der Waals surface area (Å²) in [6.07, 6.45) is 0.295. The highest BCUT2D eigenvalue weighted by Crippen LogP contribution is 2.20. The summed E-state index contributed by atoms with van der Waals surface area (Å²) >= 11 is 0. The molecule has 2 bridgehead atoms. The number of hydrogen-bond donors (Lipinski definition) is 2. The van der Waals surface area contributed by atoms with Gasteiger partial charge in [-0.05, 0) is 0 Å². The number of fused-ring (bicyclic) bond motifs is 2. The number of rotatable bonds is 0. The Bertz CT molecular complexity index is 102. The monoisotopic (exact) mass is 128 g/mol. The van der Waals surface area contributed by atoms with Crippen molar-refractivity contribution in [1.82, 2.24) is 5.32 Å². The largest absolute Gasteiger partial charge is 0.375 e. The minimum absolute atomic E-state index is 0.295. The van der Waals surface area contributed by atoms with Crippen LogP contribution in [0.4, 0.5) is 0 Å². The predicted molar refractivity (Wildman–Crippen MR) is 34.1 cm³/mol. The maximum absolute atomic E-state index is 5.82. The topological polar surface area (TPSA) is 47.3 Å². The minimum Gasteiger partial charge on any atom is -0.375 e. The molecule has 3 nitrogen and oxygen atoms in total. The first-order valence-electron chi connectivity index (χ1n) is 3.46. The third-order valence-electron chi connectivity index (χ3n) is 2.25. The van der Waals surface area contributed by atoms with Gasteiger partial charge in [0.15, 0.2) is 0 Å². The molecule has 0 spiro atoms. The lowest BCUT2D eigenvalue weighted by atomic mass is 9.96. The Balaban J connectivity index is 2.10. The van der Waals surface area contributed by atoms with Crippen molar-refractivity contribution in [2.75, 3.05) is 19.7 Å². The van der Waals surface area contributed by atoms with Crippen LogP contribution in [-0.2, 0) is 4.74 Å². The number of nitrogens with one attached hydrogen (secondary N) is 1. The summed E-state index contributed by atoms with van der Waals surface area (Å²) in [7, 11) is 0. The van der Waals surface area contributed by atoms with Crippen LogP contribution in [0, 0.1) is 5.92 Å². The molecule has 0 saturated carbocycles. The summed E-state index contributed by atoms with van der Waals surface area (Å²) in [4.78, 5) is 0. The lowest BCUT2D eigenvalue weighted by Crippen LogP contribution is -2.50. The summed E-state index contributed by atoms with van der Waals surface area (Å²) < 4.78 is 5.40. The van der Waals surface area contributed by atoms with Crippen LogP contribution in [0.2, 0.25) is 0 Å². The van der Waals surface area contributed by atoms with Crippen molar-refractivity contribution < 1.29 is 4.74 Å². The van der Waals surface area contributed by atoms with Crippen LogP contribution in [0.15, 0.2) is 0 Å². The Labute approximate surface area is 54.6 Å². The van der Waals surface area contributed by atoms with Crippen LogP contribution in [0.1, 0.15) is 0 Å². The summed E-state index contributed by atoms with van der Waals surface area (Å²) in [5, 5.41) is 3.27. The summed E-state index contributed by atoms with van der Waals surface area (Å²) in [5.74, 6) is 0.573. The second kappa shape index (κ2) is 1.94. The second-order valence-electron chi connectivity index (χ2n) is 2.87. The highest BCUT2D eigenvalue weighted by molar-refractivity contribution is 4.93. The van der Waals surface area contributed by atoms with Crippen molar-refractivity contribution in [3.63, 3.8) is 0 Å². The van der Waals surface area contributed by atoms with E-state index in [-0.39, 0.29) is 0 Å². The Kier molecular flexibility index (Phi) is 1.22. The Morgan fingerprint density at radius 3 is 3.00 bits per heavy atom. The fourth-order valence-electron chi connectivity index (χ4n) is 1.57. The highest BCUT2D eigenvalue weighted by atomic mass is 16.5. The van der Waals surface area contributed by atoms with E-state index in [9.17, 15) is 0 Å². The van der Waals surface area contributed by atoms with Gasteiger partial charge in [-0.3, -0.25) is 0 Å². The Hall–Kier alpha value is -0.120. The fourth-order valence-corrected chi connectivity index (χ4v) is 1.57. The van der Waals surface area contributed by atoms with Crippen LogP contribution in [-0.4, -0.2) is 31.8 Å². The van der Waals surface area contributed by atoms with E-state index in [0.29, 0.717) is 18.1 Å². The molecule has 0 amide bonds. The van der Waals surface area contributed by atoms with Crippen molar-refractivity contribution in [1.29, 1.82) is 0 Å². The third kappa shape index (κ3) is 0.764. The highest BCUT2D eigenvalue weighted by Gasteiger charge is 2.37. The van der Waals surface area contributed by atoms with Gasteiger partial charge in [-0.1, -0.05) is 0 Å². The van der Waals surface area contributed by atoms with Gasteiger partial charge < -0.3 is 15.8 Å². The maximum Gasteiger partial charge on any atom is 0.0854 e. The smallest absolute Gasteiger partial charge is 0.0854 e. The lowest BCUT2D eigenvalue weighted by molar-refractivity contribution is 0.108. The summed E-state index contributed by atoms with van der Waals surface area (Å²) in [6, 6.07) is 0.297. The molecule has 2 saturated heterocycles. The molecule has 2 fully saturated rings. The second-order valence-corrected chi connectivity index (χ2v) is 2.87. The molecule has 3 N–H and O–H groups in total. The first kappa shape index (κ1) is 5.65. The molecule has 0 aromatic heterocycles. The van der Waals surface area contributed by atoms with Crippen molar-refractivity contribution in [2.45, 2.75) is 12.1 Å². The normalized spacial score (nSPS) is 49.7. The molecular formula is C6H12N2O. The first-order valence-corrected chi connectivity index (χ1v) is 3.46. The van der Waals surface area contributed by atoms with Crippen molar-refractivity contribution in [3.8, 4) is 0 Å². The van der Waals surface area contributed by atoms with Gasteiger partial charge in [0.1, 0.15) is 0 Å². The molecule has 3 heteroatoms. The minimum atomic E-state index is 0.295. The van der Waals surface area contributed by atoms with E-state index in [2.05, 4.69) is 5.32 Å². The number of nitrogens with two attached hydrogens (primary N) is 1. The van der Waals surface area contributed by atoms with Crippen LogP contribution in [0.25, 0.3) is 0 Å². The molecule has 0 aromatic rings. The van der Waals surface area contributed by atoms with Gasteiger partial charge in [-0.25, -0.2) is 0 Å². The zero-order valence-electron chi connectivity index (χ0n) is 5.34. The van der Waals surface area contributed by atoms with Crippen molar-refractivity contribution in [2.24, 2.45) is 11.7 Å². The average molecular weight is 128 g/mol. The van der Waals surface area contributed by atoms with Gasteiger partial charge in [0.25, 0.3) is 0 Å². The molecular weight excluding hydrogens is 116 g/mol. The number of hydrogen-bond acceptors (Lipinski definition) is 3. The molecule has 52 valence electrons. The molecule has 9 heavy (non-hydrogen) atoms. The van der Waals surface area contributed by atoms with E-state index in [1.807, 2.05) is 0 Å². The molecule has 0 aliphatic carbocycles. The van der Waals surface area contributed by atoms with Crippen LogP contribution in [0.3, 0.4) is 0 Å². The van der Waals surface area contributed by atoms with Gasteiger partial charge in [0, 0.05) is 25.0 Å². The van der Waals surface area contributed by atoms with Crippen LogP contribution >= 0.6 is 0 Å². The number of ether oxygens (including phenoxy) is 1. The van der Waals surface area contributed by atoms with Gasteiger partial charge >= 0.3 is 0 Å². The Morgan fingerprint density at radius 1 is 1.44 bits per heavy atom. The fraction of sp³-hybridized carbons (Fsp3) is 1.00. The van der Waals surface area contributed by atoms with Crippen molar-refractivity contribution in [3.05, 3.63) is 0 Å². The molecule has 0 aromatic carbocycles. The van der Waals surface area contributed by atoms with E-state index in [0.717, 1.165) is 19.7 Å². The van der Waals surface area contributed by atoms with Crippen LogP contribution in [0.5, 0.6) is 0 Å². The van der Waals surface area contributed by atoms with Crippen LogP contribution < -0.4 is 11.1 Å². The molecule has 2 rings (SSSR count). The lowest BCUT2D eigenvalue weighted by Gasteiger charge is -2.24. The van der Waals surface area contributed by atoms with E-state index in [4.69, 9.17) is 10.5 Å². The molecule has 2 aliphatic rings. The third-order valence-corrected chi connectivity index (χ3v) is 2.25. The summed E-state index contributed by atoms with van der Waals surface area (Å²) in [5.41, 5.74) is 5.82. The van der Waals surface area contributed by atoms with E-state index >= 15 is 0 Å². The zero-order valence-corrected chi connectivity index (χ0v) is 5.34. The number of piperidine rings is 1. The molecule has 0 radical (unpaired) electrons. The van der Waals surface area contributed by atoms with E-state index in [1.165, 1.54) is 0 Å². The average Bonchev–Trinajstić information content (AvgIpc) is 2.19. The van der Waals surface area contributed by atoms with Gasteiger partial charge in [-0.15, -0.1) is 0 Å². The summed E-state index contributed by atoms with van der Waals surface area (Å²) in [6.45, 7) is 2.84. The first-order chi connectivity index (χ1) is 4.38. The van der Waals surface area contributed by atoms with E-state index in [1.54, 1.807) is 0 Å². The van der Waals surface area contributed by atoms with E-state index < -0.39 is 0 Å².